The van der Waals surface area contributed by atoms with E-state index in [0.717, 1.165) is 17.7 Å². The number of hydrogen-bond acceptors (Lipinski definition) is 1. The largest absolute Gasteiger partial charge is 0.416 e. The molecular weight excluding hydrogens is 231 g/mol. The molecule has 0 bridgehead atoms. The third-order valence-electron chi connectivity index (χ3n) is 2.15. The first-order valence-electron chi connectivity index (χ1n) is 4.80. The molecule has 0 amide bonds. The van der Waals surface area contributed by atoms with E-state index in [-0.39, 0.29) is 6.54 Å². The molecule has 0 heterocycles. The van der Waals surface area contributed by atoms with Crippen LogP contribution in [0, 0.1) is 6.92 Å². The fourth-order valence-electron chi connectivity index (χ4n) is 1.26. The first kappa shape index (κ1) is 13.1. The zero-order chi connectivity index (χ0) is 12.9. The highest BCUT2D eigenvalue weighted by molar-refractivity contribution is 5.55. The Labute approximate surface area is 96.2 Å². The van der Waals surface area contributed by atoms with E-state index < -0.39 is 11.7 Å². The summed E-state index contributed by atoms with van der Waals surface area (Å²) in [4.78, 5) is 2.54. The Kier molecular flexibility index (Phi) is 4.17. The summed E-state index contributed by atoms with van der Waals surface area (Å²) in [7, 11) is 0. The molecular formula is C11H10F3N3. The Hall–Kier alpha value is -1.94. The van der Waals surface area contributed by atoms with Crippen LogP contribution in [0.2, 0.25) is 0 Å². The standard InChI is InChI=1S/C11H10F3N3/c1-8-4-5-10(11(12,13)14)7-9(8)3-2-6-16-17-15/h2-5,7H,6H2,1H3. The summed E-state index contributed by atoms with van der Waals surface area (Å²) in [5.41, 5.74) is 8.55. The fraction of sp³-hybridized carbons (Fsp3) is 0.273. The third-order valence-corrected chi connectivity index (χ3v) is 2.15. The van der Waals surface area contributed by atoms with Crippen molar-refractivity contribution in [1.82, 2.24) is 0 Å². The normalized spacial score (nSPS) is 11.5. The van der Waals surface area contributed by atoms with Crippen molar-refractivity contribution in [3.63, 3.8) is 0 Å². The van der Waals surface area contributed by atoms with Gasteiger partial charge in [-0.3, -0.25) is 0 Å². The maximum absolute atomic E-state index is 12.5. The molecule has 0 radical (unpaired) electrons. The van der Waals surface area contributed by atoms with Gasteiger partial charge in [0.05, 0.1) is 5.56 Å². The van der Waals surface area contributed by atoms with Crippen molar-refractivity contribution in [2.75, 3.05) is 6.54 Å². The monoisotopic (exact) mass is 241 g/mol. The summed E-state index contributed by atoms with van der Waals surface area (Å²) in [6.07, 6.45) is -1.32. The minimum Gasteiger partial charge on any atom is -0.166 e. The van der Waals surface area contributed by atoms with Crippen molar-refractivity contribution in [3.05, 3.63) is 51.4 Å². The molecule has 0 aliphatic carbocycles. The van der Waals surface area contributed by atoms with E-state index in [1.54, 1.807) is 6.92 Å². The number of benzene rings is 1. The van der Waals surface area contributed by atoms with Gasteiger partial charge in [0.1, 0.15) is 0 Å². The van der Waals surface area contributed by atoms with Gasteiger partial charge in [-0.2, -0.15) is 13.2 Å². The van der Waals surface area contributed by atoms with Crippen molar-refractivity contribution < 1.29 is 13.2 Å². The minimum absolute atomic E-state index is 0.117. The van der Waals surface area contributed by atoms with E-state index in [0.29, 0.717) is 5.56 Å². The summed E-state index contributed by atoms with van der Waals surface area (Å²) in [5, 5.41) is 3.26. The number of hydrogen-bond donors (Lipinski definition) is 0. The van der Waals surface area contributed by atoms with Gasteiger partial charge < -0.3 is 0 Å². The molecule has 0 aromatic heterocycles. The molecule has 1 aromatic carbocycles. The third kappa shape index (κ3) is 3.85. The lowest BCUT2D eigenvalue weighted by Gasteiger charge is -2.08. The predicted octanol–water partition coefficient (Wildman–Crippen LogP) is 4.34. The van der Waals surface area contributed by atoms with E-state index in [9.17, 15) is 13.2 Å². The van der Waals surface area contributed by atoms with Crippen molar-refractivity contribution >= 4 is 6.08 Å². The van der Waals surface area contributed by atoms with E-state index in [1.165, 1.54) is 18.2 Å². The Balaban J connectivity index is 2.99. The first-order chi connectivity index (χ1) is 7.95. The number of nitrogens with zero attached hydrogens (tertiary/aromatic N) is 3. The Morgan fingerprint density at radius 1 is 1.41 bits per heavy atom. The summed E-state index contributed by atoms with van der Waals surface area (Å²) in [6, 6.07) is 3.53. The van der Waals surface area contributed by atoms with Crippen LogP contribution >= 0.6 is 0 Å². The smallest absolute Gasteiger partial charge is 0.166 e. The van der Waals surface area contributed by atoms with Crippen molar-refractivity contribution in [2.45, 2.75) is 13.1 Å². The van der Waals surface area contributed by atoms with Crippen LogP contribution in [0.5, 0.6) is 0 Å². The summed E-state index contributed by atoms with van der Waals surface area (Å²) >= 11 is 0. The van der Waals surface area contributed by atoms with Crippen LogP contribution in [0.15, 0.2) is 29.4 Å². The van der Waals surface area contributed by atoms with Crippen LogP contribution in [0.1, 0.15) is 16.7 Å². The number of alkyl halides is 3. The molecule has 3 nitrogen and oxygen atoms in total. The molecule has 0 saturated heterocycles. The summed E-state index contributed by atoms with van der Waals surface area (Å²) in [6.45, 7) is 1.83. The number of azide groups is 1. The molecule has 17 heavy (non-hydrogen) atoms. The predicted molar refractivity (Wildman–Crippen MR) is 59.2 cm³/mol. The molecule has 90 valence electrons. The van der Waals surface area contributed by atoms with Crippen LogP contribution in [0.4, 0.5) is 13.2 Å². The average Bonchev–Trinajstić information content (AvgIpc) is 2.25. The Bertz CT molecular complexity index is 471. The highest BCUT2D eigenvalue weighted by atomic mass is 19.4. The number of halogens is 3. The second kappa shape index (κ2) is 5.41. The lowest BCUT2D eigenvalue weighted by Crippen LogP contribution is -2.05. The second-order valence-electron chi connectivity index (χ2n) is 3.38. The van der Waals surface area contributed by atoms with Gasteiger partial charge in [0, 0.05) is 11.5 Å². The molecule has 0 aliphatic rings. The zero-order valence-corrected chi connectivity index (χ0v) is 9.07. The minimum atomic E-state index is -4.35. The van der Waals surface area contributed by atoms with Gasteiger partial charge in [-0.05, 0) is 35.7 Å². The molecule has 6 heteroatoms. The maximum Gasteiger partial charge on any atom is 0.416 e. The van der Waals surface area contributed by atoms with E-state index >= 15 is 0 Å². The SMILES string of the molecule is Cc1ccc(C(F)(F)F)cc1C=CCN=[N+]=[N-]. The van der Waals surface area contributed by atoms with Gasteiger partial charge >= 0.3 is 6.18 Å². The summed E-state index contributed by atoms with van der Waals surface area (Å²) in [5.74, 6) is 0. The molecule has 0 unspecified atom stereocenters. The Morgan fingerprint density at radius 2 is 2.12 bits per heavy atom. The molecule has 0 fully saturated rings. The van der Waals surface area contributed by atoms with Gasteiger partial charge in [0.25, 0.3) is 0 Å². The number of rotatable bonds is 3. The fourth-order valence-corrected chi connectivity index (χ4v) is 1.26. The van der Waals surface area contributed by atoms with Crippen molar-refractivity contribution in [3.8, 4) is 0 Å². The van der Waals surface area contributed by atoms with Gasteiger partial charge in [-0.25, -0.2) is 0 Å². The van der Waals surface area contributed by atoms with Crippen LogP contribution in [-0.2, 0) is 6.18 Å². The van der Waals surface area contributed by atoms with Gasteiger partial charge in [-0.1, -0.05) is 23.3 Å². The van der Waals surface area contributed by atoms with E-state index in [2.05, 4.69) is 10.0 Å². The number of aryl methyl sites for hydroxylation is 1. The Morgan fingerprint density at radius 3 is 2.71 bits per heavy atom. The lowest BCUT2D eigenvalue weighted by molar-refractivity contribution is -0.137. The zero-order valence-electron chi connectivity index (χ0n) is 9.07. The highest BCUT2D eigenvalue weighted by Gasteiger charge is 2.30. The molecule has 0 spiro atoms. The lowest BCUT2D eigenvalue weighted by atomic mass is 10.0. The van der Waals surface area contributed by atoms with Crippen LogP contribution in [-0.4, -0.2) is 6.54 Å². The van der Waals surface area contributed by atoms with Gasteiger partial charge in [-0.15, -0.1) is 0 Å². The molecule has 0 atom stereocenters. The van der Waals surface area contributed by atoms with E-state index in [4.69, 9.17) is 5.53 Å². The van der Waals surface area contributed by atoms with Crippen LogP contribution < -0.4 is 0 Å². The summed E-state index contributed by atoms with van der Waals surface area (Å²) < 4.78 is 37.4. The molecule has 1 aromatic rings. The first-order valence-corrected chi connectivity index (χ1v) is 4.80. The molecule has 1 rings (SSSR count). The van der Waals surface area contributed by atoms with Gasteiger partial charge in [0.2, 0.25) is 0 Å². The topological polar surface area (TPSA) is 48.8 Å². The van der Waals surface area contributed by atoms with E-state index in [1.807, 2.05) is 0 Å². The van der Waals surface area contributed by atoms with Crippen LogP contribution in [0.3, 0.4) is 0 Å². The van der Waals surface area contributed by atoms with Crippen LogP contribution in [0.25, 0.3) is 16.5 Å². The molecule has 0 saturated carbocycles. The van der Waals surface area contributed by atoms with Crippen molar-refractivity contribution in [1.29, 1.82) is 0 Å². The maximum atomic E-state index is 12.5. The molecule has 0 N–H and O–H groups in total. The van der Waals surface area contributed by atoms with Gasteiger partial charge in [0.15, 0.2) is 0 Å². The quantitative estimate of drug-likeness (QED) is 0.429. The second-order valence-corrected chi connectivity index (χ2v) is 3.38. The van der Waals surface area contributed by atoms with Crippen molar-refractivity contribution in [2.24, 2.45) is 5.11 Å². The highest BCUT2D eigenvalue weighted by Crippen LogP contribution is 2.30. The molecule has 0 aliphatic heterocycles. The average molecular weight is 241 g/mol.